The van der Waals surface area contributed by atoms with E-state index in [0.29, 0.717) is 6.04 Å². The van der Waals surface area contributed by atoms with Gasteiger partial charge in [-0.25, -0.2) is 9.97 Å². The molecule has 94 valence electrons. The first-order valence-corrected chi connectivity index (χ1v) is 6.86. The smallest absolute Gasteiger partial charge is 0.160 e. The van der Waals surface area contributed by atoms with Gasteiger partial charge in [-0.3, -0.25) is 0 Å². The van der Waals surface area contributed by atoms with Crippen molar-refractivity contribution in [3.05, 3.63) is 24.2 Å². The summed E-state index contributed by atoms with van der Waals surface area (Å²) < 4.78 is 2.34. The van der Waals surface area contributed by atoms with Crippen LogP contribution < -0.4 is 5.73 Å². The van der Waals surface area contributed by atoms with E-state index in [0.717, 1.165) is 36.3 Å². The Labute approximate surface area is 106 Å². The van der Waals surface area contributed by atoms with E-state index in [4.69, 9.17) is 10.7 Å². The maximum atomic E-state index is 6.37. The molecule has 0 unspecified atom stereocenters. The van der Waals surface area contributed by atoms with Crippen LogP contribution in [0.25, 0.3) is 11.2 Å². The number of hydrogen-bond donors (Lipinski definition) is 1. The lowest BCUT2D eigenvalue weighted by molar-refractivity contribution is 0.241. The van der Waals surface area contributed by atoms with Gasteiger partial charge in [-0.1, -0.05) is 0 Å². The zero-order valence-corrected chi connectivity index (χ0v) is 10.5. The minimum atomic E-state index is -0.00594. The fourth-order valence-corrected chi connectivity index (χ4v) is 2.94. The molecule has 2 fully saturated rings. The zero-order chi connectivity index (χ0) is 12.2. The SMILES string of the molecule is NC1(Cc2nc3cccnc3n2C2CC2)CCC1. The number of nitrogens with zero attached hydrogens (tertiary/aromatic N) is 3. The van der Waals surface area contributed by atoms with Gasteiger partial charge < -0.3 is 10.3 Å². The molecule has 2 heterocycles. The maximum Gasteiger partial charge on any atom is 0.160 e. The van der Waals surface area contributed by atoms with Crippen LogP contribution in [0.3, 0.4) is 0 Å². The molecule has 0 aromatic carbocycles. The Morgan fingerprint density at radius 2 is 2.22 bits per heavy atom. The molecule has 0 atom stereocenters. The van der Waals surface area contributed by atoms with Crippen LogP contribution in [0.4, 0.5) is 0 Å². The van der Waals surface area contributed by atoms with E-state index in [9.17, 15) is 0 Å². The summed E-state index contributed by atoms with van der Waals surface area (Å²) in [6.07, 6.45) is 8.80. The highest BCUT2D eigenvalue weighted by Crippen LogP contribution is 2.40. The highest BCUT2D eigenvalue weighted by atomic mass is 15.2. The second kappa shape index (κ2) is 3.54. The average molecular weight is 242 g/mol. The standard InChI is InChI=1S/C14H18N4/c15-14(6-2-7-14)9-12-17-11-3-1-8-16-13(11)18(12)10-4-5-10/h1,3,8,10H,2,4-7,9,15H2. The van der Waals surface area contributed by atoms with Crippen LogP contribution >= 0.6 is 0 Å². The quantitative estimate of drug-likeness (QED) is 0.897. The van der Waals surface area contributed by atoms with Gasteiger partial charge in [-0.2, -0.15) is 0 Å². The van der Waals surface area contributed by atoms with Gasteiger partial charge in [0.2, 0.25) is 0 Å². The summed E-state index contributed by atoms with van der Waals surface area (Å²) in [6.45, 7) is 0. The fraction of sp³-hybridized carbons (Fsp3) is 0.571. The molecule has 0 radical (unpaired) electrons. The van der Waals surface area contributed by atoms with Gasteiger partial charge in [0.1, 0.15) is 11.3 Å². The molecule has 2 aromatic rings. The Kier molecular flexibility index (Phi) is 2.07. The van der Waals surface area contributed by atoms with Gasteiger partial charge in [0, 0.05) is 24.2 Å². The first kappa shape index (κ1) is 10.5. The molecule has 0 spiro atoms. The lowest BCUT2D eigenvalue weighted by atomic mass is 9.75. The van der Waals surface area contributed by atoms with Crippen LogP contribution in [-0.2, 0) is 6.42 Å². The first-order chi connectivity index (χ1) is 8.75. The molecule has 2 aliphatic rings. The van der Waals surface area contributed by atoms with Crippen LogP contribution in [0, 0.1) is 0 Å². The third kappa shape index (κ3) is 1.56. The summed E-state index contributed by atoms with van der Waals surface area (Å²) in [4.78, 5) is 9.26. The van der Waals surface area contributed by atoms with E-state index in [1.807, 2.05) is 12.3 Å². The van der Waals surface area contributed by atoms with Crippen molar-refractivity contribution in [2.24, 2.45) is 5.73 Å². The van der Waals surface area contributed by atoms with E-state index >= 15 is 0 Å². The number of imidazole rings is 1. The molecule has 0 aliphatic heterocycles. The number of nitrogens with two attached hydrogens (primary N) is 1. The second-order valence-electron chi connectivity index (χ2n) is 5.87. The number of hydrogen-bond acceptors (Lipinski definition) is 3. The van der Waals surface area contributed by atoms with Gasteiger partial charge in [-0.15, -0.1) is 0 Å². The third-order valence-electron chi connectivity index (χ3n) is 4.29. The molecule has 18 heavy (non-hydrogen) atoms. The van der Waals surface area contributed by atoms with Crippen molar-refractivity contribution in [2.75, 3.05) is 0 Å². The summed E-state index contributed by atoms with van der Waals surface area (Å²) in [5.41, 5.74) is 8.42. The molecule has 0 bridgehead atoms. The Hall–Kier alpha value is -1.42. The second-order valence-corrected chi connectivity index (χ2v) is 5.87. The summed E-state index contributed by atoms with van der Waals surface area (Å²) >= 11 is 0. The number of rotatable bonds is 3. The molecule has 0 saturated heterocycles. The highest BCUT2D eigenvalue weighted by Gasteiger charge is 2.36. The molecule has 2 saturated carbocycles. The normalized spacial score (nSPS) is 22.1. The van der Waals surface area contributed by atoms with Crippen molar-refractivity contribution in [3.8, 4) is 0 Å². The summed E-state index contributed by atoms with van der Waals surface area (Å²) in [5, 5.41) is 0. The van der Waals surface area contributed by atoms with Crippen molar-refractivity contribution >= 4 is 11.2 Å². The summed E-state index contributed by atoms with van der Waals surface area (Å²) in [5.74, 6) is 1.15. The monoisotopic (exact) mass is 242 g/mol. The van der Waals surface area contributed by atoms with E-state index in [-0.39, 0.29) is 5.54 Å². The largest absolute Gasteiger partial charge is 0.325 e. The van der Waals surface area contributed by atoms with Crippen molar-refractivity contribution in [3.63, 3.8) is 0 Å². The number of aromatic nitrogens is 3. The Balaban J connectivity index is 1.80. The van der Waals surface area contributed by atoms with E-state index in [2.05, 4.69) is 15.6 Å². The Bertz CT molecular complexity index is 593. The van der Waals surface area contributed by atoms with Gasteiger partial charge in [0.15, 0.2) is 5.65 Å². The summed E-state index contributed by atoms with van der Waals surface area (Å²) in [7, 11) is 0. The lowest BCUT2D eigenvalue weighted by Crippen LogP contribution is -2.48. The maximum absolute atomic E-state index is 6.37. The van der Waals surface area contributed by atoms with Crippen molar-refractivity contribution in [1.82, 2.24) is 14.5 Å². The summed E-state index contributed by atoms with van der Waals surface area (Å²) in [6, 6.07) is 4.62. The van der Waals surface area contributed by atoms with Crippen molar-refractivity contribution in [2.45, 2.75) is 50.1 Å². The molecule has 2 N–H and O–H groups in total. The third-order valence-corrected chi connectivity index (χ3v) is 4.29. The minimum absolute atomic E-state index is 0.00594. The fourth-order valence-electron chi connectivity index (χ4n) is 2.94. The van der Waals surface area contributed by atoms with Crippen LogP contribution in [0.5, 0.6) is 0 Å². The zero-order valence-electron chi connectivity index (χ0n) is 10.5. The van der Waals surface area contributed by atoms with E-state index in [1.165, 1.54) is 19.3 Å². The molecule has 0 amide bonds. The number of pyridine rings is 1. The van der Waals surface area contributed by atoms with Crippen LogP contribution in [0.1, 0.15) is 44.0 Å². The highest BCUT2D eigenvalue weighted by molar-refractivity contribution is 5.71. The van der Waals surface area contributed by atoms with Crippen molar-refractivity contribution in [1.29, 1.82) is 0 Å². The van der Waals surface area contributed by atoms with Crippen LogP contribution in [0.15, 0.2) is 18.3 Å². The van der Waals surface area contributed by atoms with E-state index in [1.54, 1.807) is 0 Å². The van der Waals surface area contributed by atoms with Crippen molar-refractivity contribution < 1.29 is 0 Å². The van der Waals surface area contributed by atoms with E-state index < -0.39 is 0 Å². The van der Waals surface area contributed by atoms with Crippen LogP contribution in [-0.4, -0.2) is 20.1 Å². The first-order valence-electron chi connectivity index (χ1n) is 6.86. The number of fused-ring (bicyclic) bond motifs is 1. The Morgan fingerprint density at radius 1 is 1.39 bits per heavy atom. The molecular formula is C14H18N4. The van der Waals surface area contributed by atoms with Crippen LogP contribution in [0.2, 0.25) is 0 Å². The molecule has 2 aromatic heterocycles. The molecule has 2 aliphatic carbocycles. The average Bonchev–Trinajstić information content (AvgIpc) is 3.09. The lowest BCUT2D eigenvalue weighted by Gasteiger charge is -2.37. The molecule has 4 rings (SSSR count). The molecule has 4 heteroatoms. The Morgan fingerprint density at radius 3 is 2.89 bits per heavy atom. The topological polar surface area (TPSA) is 56.7 Å². The molecular weight excluding hydrogens is 224 g/mol. The van der Waals surface area contributed by atoms with Gasteiger partial charge >= 0.3 is 0 Å². The van der Waals surface area contributed by atoms with Gasteiger partial charge in [0.05, 0.1) is 0 Å². The minimum Gasteiger partial charge on any atom is -0.325 e. The van der Waals surface area contributed by atoms with Gasteiger partial charge in [0.25, 0.3) is 0 Å². The van der Waals surface area contributed by atoms with Gasteiger partial charge in [-0.05, 0) is 44.2 Å². The molecule has 4 nitrogen and oxygen atoms in total. The predicted molar refractivity (Wildman–Crippen MR) is 70.3 cm³/mol. The predicted octanol–water partition coefficient (Wildman–Crippen LogP) is 2.19.